The van der Waals surface area contributed by atoms with Crippen molar-refractivity contribution >= 4 is 39.8 Å². The fourth-order valence-corrected chi connectivity index (χ4v) is 4.94. The second-order valence-electron chi connectivity index (χ2n) is 7.23. The fourth-order valence-electron chi connectivity index (χ4n) is 3.40. The number of carbonyl (C=O) groups is 2. The minimum Gasteiger partial charge on any atom is -0.494 e. The summed E-state index contributed by atoms with van der Waals surface area (Å²) in [6, 6.07) is 7.12. The highest BCUT2D eigenvalue weighted by molar-refractivity contribution is 7.17. The van der Waals surface area contributed by atoms with E-state index in [4.69, 9.17) is 21.1 Å². The first-order valence-electron chi connectivity index (χ1n) is 9.97. The molecule has 1 aliphatic rings. The van der Waals surface area contributed by atoms with E-state index in [9.17, 15) is 9.59 Å². The number of nitrogens with one attached hydrogen (secondary N) is 1. The van der Waals surface area contributed by atoms with Gasteiger partial charge < -0.3 is 14.8 Å². The largest absolute Gasteiger partial charge is 0.494 e. The summed E-state index contributed by atoms with van der Waals surface area (Å²) in [4.78, 5) is 26.1. The third kappa shape index (κ3) is 5.73. The number of fused-ring (bicyclic) bond motifs is 1. The van der Waals surface area contributed by atoms with Crippen LogP contribution >= 0.6 is 22.9 Å². The lowest BCUT2D eigenvalue weighted by Crippen LogP contribution is -2.17. The molecular weight excluding hydrogens is 410 g/mol. The standard InChI is InChI=1S/C22H26ClNO4S/c1-3-27-22(26)20-17-11-6-14(2)13-18(17)29-21(20)24-19(25)5-4-12-28-16-9-7-15(23)8-10-16/h7-10,14H,3-6,11-13H2,1-2H3,(H,24,25)/t14-/m0/s1. The van der Waals surface area contributed by atoms with Crippen LogP contribution in [-0.2, 0) is 22.4 Å². The van der Waals surface area contributed by atoms with E-state index in [0.717, 1.165) is 30.6 Å². The molecule has 0 saturated carbocycles. The van der Waals surface area contributed by atoms with Gasteiger partial charge in [0.05, 0.1) is 18.8 Å². The number of esters is 1. The molecule has 0 unspecified atom stereocenters. The molecule has 0 radical (unpaired) electrons. The van der Waals surface area contributed by atoms with Crippen molar-refractivity contribution in [3.8, 4) is 5.75 Å². The van der Waals surface area contributed by atoms with Crippen molar-refractivity contribution in [2.45, 2.75) is 46.0 Å². The van der Waals surface area contributed by atoms with Gasteiger partial charge in [0, 0.05) is 16.3 Å². The topological polar surface area (TPSA) is 64.6 Å². The van der Waals surface area contributed by atoms with Crippen LogP contribution in [-0.4, -0.2) is 25.1 Å². The molecule has 0 saturated heterocycles. The van der Waals surface area contributed by atoms with Crippen LogP contribution in [0.5, 0.6) is 5.75 Å². The summed E-state index contributed by atoms with van der Waals surface area (Å²) in [5, 5.41) is 4.21. The Balaban J connectivity index is 1.59. The van der Waals surface area contributed by atoms with E-state index in [0.29, 0.717) is 47.6 Å². The number of rotatable bonds is 8. The van der Waals surface area contributed by atoms with Crippen LogP contribution in [0.1, 0.15) is 53.9 Å². The highest BCUT2D eigenvalue weighted by Crippen LogP contribution is 2.40. The molecule has 2 aromatic rings. The van der Waals surface area contributed by atoms with E-state index in [-0.39, 0.29) is 11.9 Å². The first kappa shape index (κ1) is 21.7. The van der Waals surface area contributed by atoms with Crippen molar-refractivity contribution in [1.82, 2.24) is 0 Å². The fraction of sp³-hybridized carbons (Fsp3) is 0.455. The van der Waals surface area contributed by atoms with Crippen LogP contribution in [0.2, 0.25) is 5.02 Å². The Hall–Kier alpha value is -2.05. The summed E-state index contributed by atoms with van der Waals surface area (Å²) < 4.78 is 10.9. The van der Waals surface area contributed by atoms with Crippen LogP contribution in [0.4, 0.5) is 5.00 Å². The number of hydrogen-bond donors (Lipinski definition) is 1. The number of thiophene rings is 1. The Bertz CT molecular complexity index is 862. The lowest BCUT2D eigenvalue weighted by Gasteiger charge is -2.18. The molecule has 5 nitrogen and oxygen atoms in total. The summed E-state index contributed by atoms with van der Waals surface area (Å²) in [5.41, 5.74) is 1.59. The first-order valence-corrected chi connectivity index (χ1v) is 11.2. The molecule has 0 fully saturated rings. The molecule has 1 aromatic heterocycles. The van der Waals surface area contributed by atoms with E-state index < -0.39 is 0 Å². The maximum absolute atomic E-state index is 12.5. The predicted octanol–water partition coefficient (Wildman–Crippen LogP) is 5.50. The SMILES string of the molecule is CCOC(=O)c1c(NC(=O)CCCOc2ccc(Cl)cc2)sc2c1CC[C@H](C)C2. The monoisotopic (exact) mass is 435 g/mol. The predicted molar refractivity (Wildman–Crippen MR) is 116 cm³/mol. The van der Waals surface area contributed by atoms with Gasteiger partial charge in [-0.2, -0.15) is 0 Å². The summed E-state index contributed by atoms with van der Waals surface area (Å²) in [7, 11) is 0. The number of carbonyl (C=O) groups excluding carboxylic acids is 2. The molecule has 1 amide bonds. The molecule has 1 aromatic carbocycles. The van der Waals surface area contributed by atoms with Gasteiger partial charge in [0.2, 0.25) is 5.91 Å². The molecule has 0 aliphatic heterocycles. The van der Waals surface area contributed by atoms with Gasteiger partial charge in [-0.1, -0.05) is 18.5 Å². The average Bonchev–Trinajstić information content (AvgIpc) is 3.03. The zero-order chi connectivity index (χ0) is 20.8. The van der Waals surface area contributed by atoms with E-state index in [1.54, 1.807) is 31.2 Å². The summed E-state index contributed by atoms with van der Waals surface area (Å²) in [6.45, 7) is 4.75. The minimum atomic E-state index is -0.346. The number of benzene rings is 1. The Morgan fingerprint density at radius 3 is 2.76 bits per heavy atom. The van der Waals surface area contributed by atoms with Gasteiger partial charge in [-0.25, -0.2) is 4.79 Å². The normalized spacial score (nSPS) is 15.5. The highest BCUT2D eigenvalue weighted by Gasteiger charge is 2.29. The summed E-state index contributed by atoms with van der Waals surface area (Å²) in [6.07, 6.45) is 3.73. The first-order chi connectivity index (χ1) is 14.0. The zero-order valence-corrected chi connectivity index (χ0v) is 18.3. The van der Waals surface area contributed by atoms with Gasteiger partial charge in [-0.3, -0.25) is 4.79 Å². The van der Waals surface area contributed by atoms with Crippen molar-refractivity contribution < 1.29 is 19.1 Å². The van der Waals surface area contributed by atoms with Gasteiger partial charge in [-0.05, 0) is 68.4 Å². The van der Waals surface area contributed by atoms with E-state index in [1.165, 1.54) is 16.2 Å². The zero-order valence-electron chi connectivity index (χ0n) is 16.8. The summed E-state index contributed by atoms with van der Waals surface area (Å²) in [5.74, 6) is 0.840. The third-order valence-electron chi connectivity index (χ3n) is 4.87. The van der Waals surface area contributed by atoms with Crippen molar-refractivity contribution in [2.75, 3.05) is 18.5 Å². The van der Waals surface area contributed by atoms with Crippen molar-refractivity contribution in [3.05, 3.63) is 45.3 Å². The van der Waals surface area contributed by atoms with Gasteiger partial charge in [-0.15, -0.1) is 11.3 Å². The van der Waals surface area contributed by atoms with Gasteiger partial charge in [0.25, 0.3) is 0 Å². The molecule has 3 rings (SSSR count). The molecule has 156 valence electrons. The molecule has 29 heavy (non-hydrogen) atoms. The van der Waals surface area contributed by atoms with Crippen molar-refractivity contribution in [3.63, 3.8) is 0 Å². The van der Waals surface area contributed by atoms with E-state index >= 15 is 0 Å². The van der Waals surface area contributed by atoms with Crippen LogP contribution in [0.3, 0.4) is 0 Å². The van der Waals surface area contributed by atoms with Crippen LogP contribution < -0.4 is 10.1 Å². The third-order valence-corrected chi connectivity index (χ3v) is 6.30. The summed E-state index contributed by atoms with van der Waals surface area (Å²) >= 11 is 7.36. The number of halogens is 1. The Morgan fingerprint density at radius 2 is 2.03 bits per heavy atom. The second-order valence-corrected chi connectivity index (χ2v) is 8.77. The minimum absolute atomic E-state index is 0.123. The van der Waals surface area contributed by atoms with E-state index in [2.05, 4.69) is 12.2 Å². The molecule has 0 spiro atoms. The number of anilines is 1. The lowest BCUT2D eigenvalue weighted by atomic mass is 9.88. The van der Waals surface area contributed by atoms with Crippen LogP contribution in [0, 0.1) is 5.92 Å². The van der Waals surface area contributed by atoms with Crippen LogP contribution in [0.25, 0.3) is 0 Å². The number of hydrogen-bond acceptors (Lipinski definition) is 5. The Labute approximate surface area is 180 Å². The molecular formula is C22H26ClNO4S. The lowest BCUT2D eigenvalue weighted by molar-refractivity contribution is -0.116. The van der Waals surface area contributed by atoms with Gasteiger partial charge >= 0.3 is 5.97 Å². The highest BCUT2D eigenvalue weighted by atomic mass is 35.5. The number of ether oxygens (including phenoxy) is 2. The molecule has 0 bridgehead atoms. The Kier molecular flexibility index (Phi) is 7.56. The molecule has 1 heterocycles. The quantitative estimate of drug-likeness (QED) is 0.439. The van der Waals surface area contributed by atoms with Crippen molar-refractivity contribution in [2.24, 2.45) is 5.92 Å². The maximum Gasteiger partial charge on any atom is 0.341 e. The smallest absolute Gasteiger partial charge is 0.341 e. The number of amides is 1. The molecule has 1 atom stereocenters. The molecule has 1 aliphatic carbocycles. The molecule has 7 heteroatoms. The van der Waals surface area contributed by atoms with Gasteiger partial charge in [0.1, 0.15) is 10.8 Å². The second kappa shape index (κ2) is 10.1. The molecule has 1 N–H and O–H groups in total. The maximum atomic E-state index is 12.5. The van der Waals surface area contributed by atoms with Gasteiger partial charge in [0.15, 0.2) is 0 Å². The Morgan fingerprint density at radius 1 is 1.28 bits per heavy atom. The van der Waals surface area contributed by atoms with Crippen molar-refractivity contribution in [1.29, 1.82) is 0 Å². The average molecular weight is 436 g/mol. The van der Waals surface area contributed by atoms with Crippen LogP contribution in [0.15, 0.2) is 24.3 Å². The van der Waals surface area contributed by atoms with E-state index in [1.807, 2.05) is 0 Å².